The van der Waals surface area contributed by atoms with Gasteiger partial charge in [0.15, 0.2) is 0 Å². The number of aromatic nitrogens is 2. The second-order valence-electron chi connectivity index (χ2n) is 6.27. The molecule has 3 heteroatoms. The molecule has 0 radical (unpaired) electrons. The average molecular weight is 468 g/mol. The van der Waals surface area contributed by atoms with Crippen LogP contribution in [0.3, 0.4) is 0 Å². The van der Waals surface area contributed by atoms with Gasteiger partial charge in [-0.2, -0.15) is 0 Å². The summed E-state index contributed by atoms with van der Waals surface area (Å²) in [6.07, 6.45) is 3.86. The standard InChI is InChI=1S/C19H17N2.Pt/c1-19(2)16-7-5-4-6-14(16)15-9-8-13(10-17(15)19)18-11-21(3)12-20-18;/h4-7,9-12H,1-3H3;/q-1;. The fourth-order valence-corrected chi connectivity index (χ4v) is 3.34. The molecule has 1 aliphatic carbocycles. The number of benzene rings is 2. The zero-order valence-electron chi connectivity index (χ0n) is 12.8. The maximum absolute atomic E-state index is 4.44. The number of aryl methyl sites for hydroxylation is 1. The van der Waals surface area contributed by atoms with Crippen molar-refractivity contribution in [3.63, 3.8) is 0 Å². The van der Waals surface area contributed by atoms with E-state index < -0.39 is 0 Å². The van der Waals surface area contributed by atoms with Gasteiger partial charge in [0.2, 0.25) is 0 Å². The number of imidazole rings is 1. The third-order valence-corrected chi connectivity index (χ3v) is 4.50. The summed E-state index contributed by atoms with van der Waals surface area (Å²) in [7, 11) is 1.99. The molecular weight excluding hydrogens is 451 g/mol. The molecule has 0 amide bonds. The Kier molecular flexibility index (Phi) is 3.61. The van der Waals surface area contributed by atoms with E-state index in [-0.39, 0.29) is 26.5 Å². The molecule has 0 aliphatic heterocycles. The Bertz CT molecular complexity index is 846. The molecule has 0 bridgehead atoms. The Labute approximate surface area is 145 Å². The molecule has 3 aromatic rings. The number of rotatable bonds is 1. The summed E-state index contributed by atoms with van der Waals surface area (Å²) in [4.78, 5) is 4.44. The number of hydrogen-bond donors (Lipinski definition) is 0. The van der Waals surface area contributed by atoms with E-state index in [4.69, 9.17) is 0 Å². The van der Waals surface area contributed by atoms with Crippen molar-refractivity contribution >= 4 is 0 Å². The minimum absolute atomic E-state index is 0. The summed E-state index contributed by atoms with van der Waals surface area (Å²) < 4.78 is 1.97. The first-order chi connectivity index (χ1) is 10.1. The zero-order valence-corrected chi connectivity index (χ0v) is 15.1. The van der Waals surface area contributed by atoms with E-state index in [1.165, 1.54) is 22.3 Å². The van der Waals surface area contributed by atoms with Crippen molar-refractivity contribution in [1.29, 1.82) is 0 Å². The molecule has 1 aromatic heterocycles. The third kappa shape index (κ3) is 2.09. The fourth-order valence-electron chi connectivity index (χ4n) is 3.34. The molecule has 22 heavy (non-hydrogen) atoms. The smallest absolute Gasteiger partial charge is 0.0834 e. The van der Waals surface area contributed by atoms with Gasteiger partial charge in [-0.1, -0.05) is 49.2 Å². The van der Waals surface area contributed by atoms with Gasteiger partial charge < -0.3 is 4.57 Å². The summed E-state index contributed by atoms with van der Waals surface area (Å²) in [5.74, 6) is 0. The largest absolute Gasteiger partial charge is 0.350 e. The van der Waals surface area contributed by atoms with E-state index in [1.54, 1.807) is 0 Å². The first-order valence-corrected chi connectivity index (χ1v) is 7.22. The number of nitrogens with zero attached hydrogens (tertiary/aromatic N) is 2. The van der Waals surface area contributed by atoms with Gasteiger partial charge in [0.1, 0.15) is 0 Å². The van der Waals surface area contributed by atoms with Gasteiger partial charge in [0.25, 0.3) is 0 Å². The zero-order chi connectivity index (χ0) is 14.6. The third-order valence-electron chi connectivity index (χ3n) is 4.50. The molecule has 0 spiro atoms. The van der Waals surface area contributed by atoms with Crippen molar-refractivity contribution in [2.45, 2.75) is 19.3 Å². The van der Waals surface area contributed by atoms with Crippen LogP contribution in [0.2, 0.25) is 0 Å². The van der Waals surface area contributed by atoms with Crippen LogP contribution >= 0.6 is 0 Å². The van der Waals surface area contributed by atoms with E-state index in [2.05, 4.69) is 61.3 Å². The van der Waals surface area contributed by atoms with Crippen LogP contribution < -0.4 is 0 Å². The van der Waals surface area contributed by atoms with Gasteiger partial charge >= 0.3 is 0 Å². The quantitative estimate of drug-likeness (QED) is 0.490. The molecular formula is C19H17N2Pt-. The van der Waals surface area contributed by atoms with Crippen LogP contribution in [0.25, 0.3) is 22.4 Å². The van der Waals surface area contributed by atoms with E-state index in [0.29, 0.717) is 0 Å². The van der Waals surface area contributed by atoms with Crippen LogP contribution in [-0.4, -0.2) is 9.55 Å². The number of fused-ring (bicyclic) bond motifs is 3. The van der Waals surface area contributed by atoms with Crippen LogP contribution in [0.1, 0.15) is 25.0 Å². The van der Waals surface area contributed by atoms with E-state index in [9.17, 15) is 0 Å². The van der Waals surface area contributed by atoms with Crippen LogP contribution in [0.5, 0.6) is 0 Å². The van der Waals surface area contributed by atoms with Crippen LogP contribution in [0, 0.1) is 6.07 Å². The normalized spacial score (nSPS) is 14.1. The van der Waals surface area contributed by atoms with E-state index >= 15 is 0 Å². The molecule has 0 atom stereocenters. The first kappa shape index (κ1) is 15.2. The maximum atomic E-state index is 4.44. The van der Waals surface area contributed by atoms with Gasteiger partial charge in [0, 0.05) is 33.8 Å². The van der Waals surface area contributed by atoms with Crippen molar-refractivity contribution < 1.29 is 21.1 Å². The molecule has 2 nitrogen and oxygen atoms in total. The number of hydrogen-bond acceptors (Lipinski definition) is 1. The van der Waals surface area contributed by atoms with Crippen LogP contribution in [0.4, 0.5) is 0 Å². The summed E-state index contributed by atoms with van der Waals surface area (Å²) in [5, 5.41) is 0. The molecule has 0 fully saturated rings. The minimum Gasteiger partial charge on any atom is -0.350 e. The van der Waals surface area contributed by atoms with Crippen molar-refractivity contribution in [2.24, 2.45) is 7.05 Å². The Morgan fingerprint density at radius 1 is 1.09 bits per heavy atom. The van der Waals surface area contributed by atoms with Crippen LogP contribution in [0.15, 0.2) is 48.9 Å². The summed E-state index contributed by atoms with van der Waals surface area (Å²) >= 11 is 0. The summed E-state index contributed by atoms with van der Waals surface area (Å²) in [6.45, 7) is 4.58. The Morgan fingerprint density at radius 3 is 2.59 bits per heavy atom. The van der Waals surface area contributed by atoms with Crippen molar-refractivity contribution in [2.75, 3.05) is 0 Å². The van der Waals surface area contributed by atoms with Gasteiger partial charge in [0.05, 0.1) is 6.33 Å². The minimum atomic E-state index is 0. The molecule has 0 unspecified atom stereocenters. The van der Waals surface area contributed by atoms with E-state index in [0.717, 1.165) is 11.3 Å². The van der Waals surface area contributed by atoms with Gasteiger partial charge in [-0.05, 0) is 17.2 Å². The Balaban J connectivity index is 0.00000144. The first-order valence-electron chi connectivity index (χ1n) is 7.22. The SMILES string of the molecule is Cn1cnc(-c2[c-]cc3c(c2)C(C)(C)c2ccccc2-3)c1.[Pt]. The second kappa shape index (κ2) is 5.21. The second-order valence-corrected chi connectivity index (χ2v) is 6.27. The van der Waals surface area contributed by atoms with Crippen LogP contribution in [-0.2, 0) is 33.5 Å². The van der Waals surface area contributed by atoms with E-state index in [1.807, 2.05) is 24.1 Å². The molecule has 4 rings (SSSR count). The molecule has 2 aromatic carbocycles. The van der Waals surface area contributed by atoms with Gasteiger partial charge in [-0.25, -0.2) is 0 Å². The monoisotopic (exact) mass is 468 g/mol. The molecule has 0 N–H and O–H groups in total. The van der Waals surface area contributed by atoms with Gasteiger partial charge in [-0.15, -0.1) is 29.3 Å². The van der Waals surface area contributed by atoms with Crippen molar-refractivity contribution in [3.05, 3.63) is 66.1 Å². The molecule has 0 saturated carbocycles. The Morgan fingerprint density at radius 2 is 1.86 bits per heavy atom. The summed E-state index contributed by atoms with van der Waals surface area (Å²) in [6, 6.07) is 16.4. The summed E-state index contributed by atoms with van der Waals surface area (Å²) in [5.41, 5.74) is 7.47. The Hall–Kier alpha value is -1.66. The maximum Gasteiger partial charge on any atom is 0.0834 e. The van der Waals surface area contributed by atoms with Crippen molar-refractivity contribution in [1.82, 2.24) is 9.55 Å². The fraction of sp³-hybridized carbons (Fsp3) is 0.211. The molecule has 1 aliphatic rings. The predicted octanol–water partition coefficient (Wildman–Crippen LogP) is 4.19. The van der Waals surface area contributed by atoms with Crippen molar-refractivity contribution in [3.8, 4) is 22.4 Å². The average Bonchev–Trinajstić information content (AvgIpc) is 3.01. The molecule has 0 saturated heterocycles. The molecule has 1 heterocycles. The predicted molar refractivity (Wildman–Crippen MR) is 85.0 cm³/mol. The topological polar surface area (TPSA) is 17.8 Å². The van der Waals surface area contributed by atoms with Gasteiger partial charge in [-0.3, -0.25) is 4.98 Å². The molecule has 114 valence electrons.